The predicted molar refractivity (Wildman–Crippen MR) is 14.9 cm³/mol. The van der Waals surface area contributed by atoms with Crippen LogP contribution in [0.5, 0.6) is 0 Å². The first-order valence-electron chi connectivity index (χ1n) is 0.822. The molecule has 2 N–H and O–H groups in total. The summed E-state index contributed by atoms with van der Waals surface area (Å²) < 4.78 is 39.4. The second-order valence-corrected chi connectivity index (χ2v) is 1.34. The molecular weight excluding hydrogens is 176 g/mol. The van der Waals surface area contributed by atoms with E-state index < -0.39 is 10.4 Å². The van der Waals surface area contributed by atoms with Crippen LogP contribution in [0.4, 0.5) is 0 Å². The van der Waals surface area contributed by atoms with Gasteiger partial charge in [0, 0.05) is 0 Å². The van der Waals surface area contributed by atoms with Crippen LogP contribution >= 0.6 is 0 Å². The van der Waals surface area contributed by atoms with Crippen LogP contribution in [0.15, 0.2) is 0 Å². The molecule has 7 heteroatoms. The summed E-state index contributed by atoms with van der Waals surface area (Å²) in [6.07, 6.45) is 0. The van der Waals surface area contributed by atoms with Gasteiger partial charge in [-0.3, -0.25) is 9.11 Å². The zero-order chi connectivity index (χ0) is 6.50. The Hall–Kier alpha value is 0.189. The maximum atomic E-state index is 8.74. The third kappa shape index (κ3) is 3030. The molecule has 0 unspecified atom stereocenters. The van der Waals surface area contributed by atoms with Crippen molar-refractivity contribution in [2.45, 2.75) is 0 Å². The number of hydrogen-bond acceptors (Lipinski definition) is 3. The van der Waals surface area contributed by atoms with Crippen LogP contribution in [-0.4, -0.2) is 17.5 Å². The van der Waals surface area contributed by atoms with E-state index in [0.717, 1.165) is 0 Å². The molecule has 0 aliphatic carbocycles. The topological polar surface area (TPSA) is 91.7 Å². The van der Waals surface area contributed by atoms with Gasteiger partial charge in [0.1, 0.15) is 0 Å². The van der Waals surface area contributed by atoms with E-state index in [2.05, 4.69) is 15.9 Å². The summed E-state index contributed by atoms with van der Waals surface area (Å²) in [5.41, 5.74) is 0. The SMILES string of the molecule is O=S(=O)(O)O.[O]=[Cu]. The summed E-state index contributed by atoms with van der Waals surface area (Å²) in [5, 5.41) is 0. The van der Waals surface area contributed by atoms with Crippen molar-refractivity contribution in [1.82, 2.24) is 0 Å². The molecule has 49 valence electrons. The molecule has 0 bridgehead atoms. The van der Waals surface area contributed by atoms with Crippen LogP contribution in [0, 0.1) is 0 Å². The molecule has 0 saturated carbocycles. The van der Waals surface area contributed by atoms with Gasteiger partial charge in [0.15, 0.2) is 0 Å². The minimum absolute atomic E-state index is 2.94. The van der Waals surface area contributed by atoms with Crippen molar-refractivity contribution in [2.75, 3.05) is 0 Å². The van der Waals surface area contributed by atoms with E-state index in [9.17, 15) is 0 Å². The second kappa shape index (κ2) is 4.35. The van der Waals surface area contributed by atoms with Gasteiger partial charge in [-0.15, -0.1) is 0 Å². The average Bonchev–Trinajstić information content (AvgIpc) is 1.36. The minimum atomic E-state index is -4.67. The van der Waals surface area contributed by atoms with Crippen molar-refractivity contribution in [3.63, 3.8) is 0 Å². The van der Waals surface area contributed by atoms with E-state index in [1.165, 1.54) is 0 Å². The Labute approximate surface area is 48.3 Å². The molecule has 0 aromatic rings. The normalized spacial score (nSPS) is 9.14. The molecule has 0 heterocycles. The molecule has 0 radical (unpaired) electrons. The average molecular weight is 178 g/mol. The molecule has 0 saturated heterocycles. The van der Waals surface area contributed by atoms with Crippen LogP contribution in [0.2, 0.25) is 0 Å². The van der Waals surface area contributed by atoms with Gasteiger partial charge in [-0.2, -0.15) is 8.42 Å². The molecule has 0 aromatic heterocycles. The Morgan fingerprint density at radius 2 is 1.14 bits per heavy atom. The van der Waals surface area contributed by atoms with Crippen LogP contribution in [0.3, 0.4) is 0 Å². The van der Waals surface area contributed by atoms with Gasteiger partial charge in [0.25, 0.3) is 0 Å². The molecule has 0 rings (SSSR count). The van der Waals surface area contributed by atoms with E-state index in [-0.39, 0.29) is 0 Å². The van der Waals surface area contributed by atoms with E-state index in [4.69, 9.17) is 21.4 Å². The summed E-state index contributed by atoms with van der Waals surface area (Å²) in [6, 6.07) is 0. The molecule has 0 aliphatic rings. The molecule has 5 nitrogen and oxygen atoms in total. The Kier molecular flexibility index (Phi) is 6.36. The number of hydrogen-bond donors (Lipinski definition) is 2. The summed E-state index contributed by atoms with van der Waals surface area (Å²) in [6.45, 7) is 0. The summed E-state index contributed by atoms with van der Waals surface area (Å²) >= 11 is 2.94. The third-order valence-electron chi connectivity index (χ3n) is 0. The standard InChI is InChI=1S/Cu.H2O4S.O/c;1-5(2,3)4;/h;(H2,1,2,3,4);. The van der Waals surface area contributed by atoms with Crippen molar-refractivity contribution in [3.05, 3.63) is 0 Å². The van der Waals surface area contributed by atoms with Gasteiger partial charge in [0.05, 0.1) is 0 Å². The third-order valence-corrected chi connectivity index (χ3v) is 0. The summed E-state index contributed by atoms with van der Waals surface area (Å²) in [4.78, 5) is 0. The predicted octanol–water partition coefficient (Wildman–Crippen LogP) is -0.774. The first-order chi connectivity index (χ1) is 3.00. The maximum absolute atomic E-state index is 8.74. The van der Waals surface area contributed by atoms with Crippen LogP contribution in [0.1, 0.15) is 0 Å². The van der Waals surface area contributed by atoms with Gasteiger partial charge < -0.3 is 0 Å². The van der Waals surface area contributed by atoms with Gasteiger partial charge in [-0.1, -0.05) is 0 Å². The van der Waals surface area contributed by atoms with E-state index in [1.54, 1.807) is 0 Å². The van der Waals surface area contributed by atoms with Crippen molar-refractivity contribution >= 4 is 10.4 Å². The van der Waals surface area contributed by atoms with Crippen molar-refractivity contribution in [2.24, 2.45) is 0 Å². The molecule has 0 spiro atoms. The van der Waals surface area contributed by atoms with Crippen LogP contribution in [0.25, 0.3) is 0 Å². The van der Waals surface area contributed by atoms with Crippen LogP contribution < -0.4 is 0 Å². The van der Waals surface area contributed by atoms with E-state index >= 15 is 0 Å². The molecule has 0 amide bonds. The zero-order valence-electron chi connectivity index (χ0n) is 2.83. The summed E-state index contributed by atoms with van der Waals surface area (Å²) in [7, 11) is -4.67. The van der Waals surface area contributed by atoms with Crippen molar-refractivity contribution in [3.8, 4) is 0 Å². The molecule has 0 atom stereocenters. The van der Waals surface area contributed by atoms with Gasteiger partial charge in [-0.05, 0) is 0 Å². The fourth-order valence-electron chi connectivity index (χ4n) is 0. The molecular formula is H2CuO5S. The van der Waals surface area contributed by atoms with Crippen LogP contribution in [-0.2, 0) is 30.2 Å². The Balaban J connectivity index is 0. The molecule has 0 fully saturated rings. The first kappa shape index (κ1) is 10.2. The fraction of sp³-hybridized carbons (Fsp3) is 0. The zero-order valence-corrected chi connectivity index (χ0v) is 4.59. The van der Waals surface area contributed by atoms with Gasteiger partial charge in [0.2, 0.25) is 0 Å². The monoisotopic (exact) mass is 177 g/mol. The number of rotatable bonds is 0. The Morgan fingerprint density at radius 1 is 1.14 bits per heavy atom. The Bertz CT molecular complexity index is 102. The van der Waals surface area contributed by atoms with E-state index in [1.807, 2.05) is 0 Å². The Morgan fingerprint density at radius 3 is 1.14 bits per heavy atom. The van der Waals surface area contributed by atoms with Crippen molar-refractivity contribution < 1.29 is 37.3 Å². The van der Waals surface area contributed by atoms with E-state index in [0.29, 0.717) is 0 Å². The first-order valence-corrected chi connectivity index (χ1v) is 2.60. The quantitative estimate of drug-likeness (QED) is 0.374. The molecule has 7 heavy (non-hydrogen) atoms. The molecule has 0 aromatic carbocycles. The molecule has 0 aliphatic heterocycles. The van der Waals surface area contributed by atoms with Gasteiger partial charge >= 0.3 is 30.2 Å². The fourth-order valence-corrected chi connectivity index (χ4v) is 0. The van der Waals surface area contributed by atoms with Crippen molar-refractivity contribution in [1.29, 1.82) is 0 Å². The second-order valence-electron chi connectivity index (χ2n) is 0.448. The van der Waals surface area contributed by atoms with Gasteiger partial charge in [-0.25, -0.2) is 0 Å². The summed E-state index contributed by atoms with van der Waals surface area (Å²) in [5.74, 6) is 0.